The summed E-state index contributed by atoms with van der Waals surface area (Å²) in [7, 11) is 0. The topological polar surface area (TPSA) is 200 Å². The van der Waals surface area contributed by atoms with Crippen LogP contribution < -0.4 is 14.2 Å². The number of carbonyl (C=O) groups is 3. The number of isothiocyanates is 1. The Kier molecular flexibility index (Phi) is 19.4. The summed E-state index contributed by atoms with van der Waals surface area (Å²) in [5, 5.41) is 20.5. The number of unbranched alkanes of at least 4 members (excludes halogenated alkanes) is 3. The molecule has 19 heteroatoms. The van der Waals surface area contributed by atoms with Gasteiger partial charge >= 0.3 is 25.7 Å². The van der Waals surface area contributed by atoms with E-state index in [2.05, 4.69) is 40.2 Å². The zero-order valence-electron chi connectivity index (χ0n) is 34.1. The minimum absolute atomic E-state index is 0. The molecule has 5 aromatic heterocycles. The summed E-state index contributed by atoms with van der Waals surface area (Å²) in [6.07, 6.45) is 6.10. The molecule has 13 nitrogen and oxygen atoms in total. The smallest absolute Gasteiger partial charge is 0.753 e. The molecule has 0 aliphatic heterocycles. The van der Waals surface area contributed by atoms with Gasteiger partial charge in [0, 0.05) is 52.1 Å². The number of fused-ring (bicyclic) bond motifs is 2. The zero-order chi connectivity index (χ0) is 46.1. The SMILES string of the molecule is CCCCCCc1ccsc1-c1ccnc(/C([NH-])=C/C(=N)C(F)(F)F)c1.O=COc1cc(-c2nccc3ccc(OC=O)cc23)nc(-c2nccc3ccc(OC=O)cc23)c1.[N-]=C=S.[Ru+2]. The van der Waals surface area contributed by atoms with Gasteiger partial charge < -0.3 is 25.4 Å². The number of nitrogens with zero attached hydrogens (tertiary/aromatic N) is 5. The second kappa shape index (κ2) is 24.8. The Bertz CT molecular complexity index is 2740. The van der Waals surface area contributed by atoms with Crippen LogP contribution >= 0.6 is 23.6 Å². The fraction of sp³-hybridized carbons (Fsp3) is 0.152. The number of thiocarbonyl (C=S) groups is 1. The predicted octanol–water partition coefficient (Wildman–Crippen LogP) is 11.7. The molecule has 5 heterocycles. The summed E-state index contributed by atoms with van der Waals surface area (Å²) in [4.78, 5) is 51.6. The molecule has 0 aliphatic rings. The van der Waals surface area contributed by atoms with Crippen LogP contribution in [0.25, 0.3) is 71.6 Å². The van der Waals surface area contributed by atoms with Crippen molar-refractivity contribution in [2.75, 3.05) is 0 Å². The summed E-state index contributed by atoms with van der Waals surface area (Å²) >= 11 is 5.27. The molecular formula is C46H36F3N7O6RuS2. The summed E-state index contributed by atoms with van der Waals surface area (Å²) in [6.45, 7) is 3.18. The van der Waals surface area contributed by atoms with Gasteiger partial charge in [-0.15, -0.1) is 17.0 Å². The molecule has 2 N–H and O–H groups in total. The molecule has 7 rings (SSSR count). The molecule has 0 amide bonds. The first-order chi connectivity index (χ1) is 30.9. The van der Waals surface area contributed by atoms with Gasteiger partial charge in [-0.3, -0.25) is 34.7 Å². The van der Waals surface area contributed by atoms with Crippen molar-refractivity contribution in [1.82, 2.24) is 19.9 Å². The summed E-state index contributed by atoms with van der Waals surface area (Å²) < 4.78 is 52.6. The van der Waals surface area contributed by atoms with Gasteiger partial charge in [-0.25, -0.2) is 4.98 Å². The molecule has 332 valence electrons. The molecule has 0 unspecified atom stereocenters. The number of pyridine rings is 4. The monoisotopic (exact) mass is 1010 g/mol. The number of hydrogen-bond donors (Lipinski definition) is 1. The van der Waals surface area contributed by atoms with Crippen LogP contribution in [0, 0.1) is 5.41 Å². The summed E-state index contributed by atoms with van der Waals surface area (Å²) in [6, 6.07) is 22.6. The molecule has 0 fully saturated rings. The first-order valence-corrected chi connectivity index (χ1v) is 20.5. The van der Waals surface area contributed by atoms with Crippen molar-refractivity contribution >= 4 is 81.1 Å². The molecule has 7 aromatic rings. The molecule has 0 spiro atoms. The van der Waals surface area contributed by atoms with E-state index in [0.29, 0.717) is 70.5 Å². The van der Waals surface area contributed by atoms with E-state index < -0.39 is 17.6 Å². The number of alkyl halides is 3. The molecule has 0 aliphatic carbocycles. The number of ether oxygens (including phenoxy) is 3. The Morgan fingerprint density at radius 2 is 1.32 bits per heavy atom. The zero-order valence-corrected chi connectivity index (χ0v) is 37.5. The van der Waals surface area contributed by atoms with E-state index in [1.165, 1.54) is 36.2 Å². The minimum Gasteiger partial charge on any atom is -0.753 e. The van der Waals surface area contributed by atoms with Gasteiger partial charge in [-0.05, 0) is 101 Å². The molecule has 0 saturated carbocycles. The van der Waals surface area contributed by atoms with Gasteiger partial charge in [0.15, 0.2) is 0 Å². The third-order valence-corrected chi connectivity index (χ3v) is 10.3. The van der Waals surface area contributed by atoms with Crippen LogP contribution in [-0.2, 0) is 40.3 Å². The van der Waals surface area contributed by atoms with Crippen LogP contribution in [0.1, 0.15) is 43.9 Å². The van der Waals surface area contributed by atoms with E-state index in [1.807, 2.05) is 17.5 Å². The van der Waals surface area contributed by atoms with E-state index >= 15 is 0 Å². The molecule has 65 heavy (non-hydrogen) atoms. The Morgan fingerprint density at radius 1 is 0.785 bits per heavy atom. The van der Waals surface area contributed by atoms with Crippen molar-refractivity contribution in [3.63, 3.8) is 0 Å². The molecule has 2 aromatic carbocycles. The number of aromatic nitrogens is 4. The van der Waals surface area contributed by atoms with Crippen molar-refractivity contribution in [3.05, 3.63) is 131 Å². The quantitative estimate of drug-likeness (QED) is 0.0317. The van der Waals surface area contributed by atoms with Crippen LogP contribution in [0.2, 0.25) is 0 Å². The van der Waals surface area contributed by atoms with Gasteiger partial charge in [0.1, 0.15) is 23.0 Å². The number of halogens is 3. The standard InChI is InChI=1S/C26H15N3O6.C19H21F3N3S.CNS.Ru/c30-13-33-18-3-1-16-5-7-27-25(21(16)9-18)23-11-20(35-15-32)12-24(29-23)26-22-10-19(34-14-31)4-2-17(22)6-8-28-26;1-2-3-4-5-6-13-8-10-26-18(13)14-7-9-25-16(11-14)15(23)12-17(24)19(20,21)22;2-1-3;/h1-15H;7-12,23-24H,2-6H2,1H3;;/q;2*-1;+2/b;15-12-,24-17?;;. The molecule has 0 saturated heterocycles. The predicted molar refractivity (Wildman–Crippen MR) is 243 cm³/mol. The molecular weight excluding hydrogens is 969 g/mol. The number of rotatable bonds is 16. The van der Waals surface area contributed by atoms with E-state index in [4.69, 9.17) is 35.7 Å². The maximum absolute atomic E-state index is 12.5. The Labute approximate surface area is 392 Å². The number of carbonyl (C=O) groups excluding carboxylic acids is 3. The van der Waals surface area contributed by atoms with Gasteiger partial charge in [-0.2, -0.15) is 18.3 Å². The van der Waals surface area contributed by atoms with Gasteiger partial charge in [-0.1, -0.05) is 50.5 Å². The fourth-order valence-electron chi connectivity index (χ4n) is 6.38. The average Bonchev–Trinajstić information content (AvgIpc) is 3.76. The van der Waals surface area contributed by atoms with Crippen molar-refractivity contribution in [2.45, 2.75) is 45.2 Å². The summed E-state index contributed by atoms with van der Waals surface area (Å²) in [5.41, 5.74) is 9.81. The second-order valence-electron chi connectivity index (χ2n) is 13.4. The number of allylic oxidation sites excluding steroid dienone is 1. The third-order valence-electron chi connectivity index (χ3n) is 9.25. The molecule has 0 bridgehead atoms. The van der Waals surface area contributed by atoms with Crippen LogP contribution in [0.3, 0.4) is 0 Å². The van der Waals surface area contributed by atoms with Crippen molar-refractivity contribution in [1.29, 1.82) is 5.41 Å². The molecule has 0 radical (unpaired) electrons. The first-order valence-electron chi connectivity index (χ1n) is 19.2. The first kappa shape index (κ1) is 50.7. The number of nitrogens with one attached hydrogen (secondary N) is 2. The van der Waals surface area contributed by atoms with Crippen molar-refractivity contribution in [2.24, 2.45) is 0 Å². The number of benzene rings is 2. The average molecular weight is 1010 g/mol. The van der Waals surface area contributed by atoms with Crippen LogP contribution in [0.15, 0.2) is 109 Å². The van der Waals surface area contributed by atoms with Crippen molar-refractivity contribution in [3.8, 4) is 50.5 Å². The minimum atomic E-state index is -4.76. The van der Waals surface area contributed by atoms with E-state index in [9.17, 15) is 27.6 Å². The normalized spacial score (nSPS) is 10.8. The number of aryl methyl sites for hydroxylation is 1. The van der Waals surface area contributed by atoms with Crippen LogP contribution in [0.4, 0.5) is 13.2 Å². The van der Waals surface area contributed by atoms with E-state index in [-0.39, 0.29) is 30.9 Å². The largest absolute Gasteiger partial charge is 2.00 e. The number of hydrogen-bond acceptors (Lipinski definition) is 13. The van der Waals surface area contributed by atoms with E-state index in [0.717, 1.165) is 34.1 Å². The third kappa shape index (κ3) is 13.8. The van der Waals surface area contributed by atoms with Crippen LogP contribution in [0.5, 0.6) is 17.2 Å². The number of thiophene rings is 1. The fourth-order valence-corrected chi connectivity index (χ4v) is 7.33. The Morgan fingerprint density at radius 3 is 1.85 bits per heavy atom. The van der Waals surface area contributed by atoms with Gasteiger partial charge in [0.25, 0.3) is 19.4 Å². The van der Waals surface area contributed by atoms with E-state index in [1.54, 1.807) is 84.4 Å². The maximum atomic E-state index is 12.5. The molecule has 0 atom stereocenters. The Hall–Kier alpha value is -6.91. The van der Waals surface area contributed by atoms with Gasteiger partial charge in [0.2, 0.25) is 0 Å². The second-order valence-corrected chi connectivity index (χ2v) is 14.5. The van der Waals surface area contributed by atoms with Crippen LogP contribution in [-0.4, -0.2) is 56.4 Å². The summed E-state index contributed by atoms with van der Waals surface area (Å²) in [5.74, 6) is 0.930. The van der Waals surface area contributed by atoms with Crippen molar-refractivity contribution < 1.29 is 61.2 Å². The maximum Gasteiger partial charge on any atom is 2.00 e. The van der Waals surface area contributed by atoms with Gasteiger partial charge in [0.05, 0.1) is 22.8 Å². The Balaban J connectivity index is 0.000000275.